The molecule has 16 heavy (non-hydrogen) atoms. The summed E-state index contributed by atoms with van der Waals surface area (Å²) in [6.07, 6.45) is 7.55. The Hall–Kier alpha value is -1.85. The largest absolute Gasteiger partial charge is 0.328 e. The average molecular weight is 219 g/mol. The predicted molar refractivity (Wildman–Crippen MR) is 57.1 cm³/mol. The number of aryl methyl sites for hydroxylation is 1. The molecule has 0 saturated heterocycles. The molecule has 2 aromatic rings. The first-order chi connectivity index (χ1) is 7.75. The van der Waals surface area contributed by atoms with Crippen LogP contribution < -0.4 is 5.69 Å². The third-order valence-electron chi connectivity index (χ3n) is 2.93. The molecule has 3 rings (SSSR count). The molecular formula is C10H13N5O. The van der Waals surface area contributed by atoms with Crippen LogP contribution in [0.5, 0.6) is 0 Å². The zero-order valence-corrected chi connectivity index (χ0v) is 9.08. The maximum Gasteiger partial charge on any atom is 0.328 e. The fourth-order valence-corrected chi connectivity index (χ4v) is 1.78. The lowest BCUT2D eigenvalue weighted by Crippen LogP contribution is -2.24. The highest BCUT2D eigenvalue weighted by molar-refractivity contribution is 4.94. The highest BCUT2D eigenvalue weighted by Crippen LogP contribution is 2.33. The Morgan fingerprint density at radius 2 is 2.25 bits per heavy atom. The van der Waals surface area contributed by atoms with Crippen molar-refractivity contribution < 1.29 is 0 Å². The fraction of sp³-hybridized carbons (Fsp3) is 0.500. The minimum atomic E-state index is 0.0468. The van der Waals surface area contributed by atoms with E-state index in [-0.39, 0.29) is 5.69 Å². The van der Waals surface area contributed by atoms with Crippen LogP contribution in [0, 0.1) is 0 Å². The molecule has 0 radical (unpaired) electrons. The highest BCUT2D eigenvalue weighted by atomic mass is 16.1. The van der Waals surface area contributed by atoms with E-state index in [4.69, 9.17) is 0 Å². The molecule has 2 aromatic heterocycles. The number of hydrogen-bond donors (Lipinski definition) is 0. The van der Waals surface area contributed by atoms with E-state index >= 15 is 0 Å². The molecule has 1 saturated carbocycles. The quantitative estimate of drug-likeness (QED) is 0.739. The SMILES string of the molecule is Cn1cnnc1Cn1ccn(C2CC2)c1=O. The standard InChI is InChI=1S/C10H13N5O/c1-13-7-11-12-9(13)6-14-4-5-15(10(14)16)8-2-3-8/h4-5,7-8H,2-3,6H2,1H3. The van der Waals surface area contributed by atoms with Crippen LogP contribution in [-0.4, -0.2) is 23.9 Å². The number of hydrogen-bond acceptors (Lipinski definition) is 3. The summed E-state index contributed by atoms with van der Waals surface area (Å²) in [6.45, 7) is 0.481. The van der Waals surface area contributed by atoms with Crippen LogP contribution in [0.2, 0.25) is 0 Å². The monoisotopic (exact) mass is 219 g/mol. The Morgan fingerprint density at radius 3 is 2.88 bits per heavy atom. The van der Waals surface area contributed by atoms with Crippen LogP contribution >= 0.6 is 0 Å². The molecule has 6 heteroatoms. The van der Waals surface area contributed by atoms with Gasteiger partial charge < -0.3 is 4.57 Å². The topological polar surface area (TPSA) is 57.6 Å². The van der Waals surface area contributed by atoms with Crippen LogP contribution in [0.25, 0.3) is 0 Å². The third kappa shape index (κ3) is 1.46. The summed E-state index contributed by atoms with van der Waals surface area (Å²) >= 11 is 0. The van der Waals surface area contributed by atoms with Crippen LogP contribution in [0.3, 0.4) is 0 Å². The van der Waals surface area contributed by atoms with Gasteiger partial charge in [-0.15, -0.1) is 10.2 Å². The summed E-state index contributed by atoms with van der Waals surface area (Å²) in [7, 11) is 1.87. The van der Waals surface area contributed by atoms with Gasteiger partial charge in [-0.1, -0.05) is 0 Å². The van der Waals surface area contributed by atoms with E-state index in [1.54, 1.807) is 15.5 Å². The molecule has 6 nitrogen and oxygen atoms in total. The first-order valence-electron chi connectivity index (χ1n) is 5.36. The molecule has 0 unspecified atom stereocenters. The molecule has 1 fully saturated rings. The zero-order chi connectivity index (χ0) is 11.1. The van der Waals surface area contributed by atoms with E-state index in [0.717, 1.165) is 18.7 Å². The number of imidazole rings is 1. The highest BCUT2D eigenvalue weighted by Gasteiger charge is 2.25. The second-order valence-electron chi connectivity index (χ2n) is 4.21. The van der Waals surface area contributed by atoms with Gasteiger partial charge in [0.05, 0.1) is 6.54 Å². The lowest BCUT2D eigenvalue weighted by molar-refractivity contribution is 0.629. The van der Waals surface area contributed by atoms with Gasteiger partial charge in [0, 0.05) is 25.5 Å². The number of aromatic nitrogens is 5. The van der Waals surface area contributed by atoms with E-state index in [2.05, 4.69) is 10.2 Å². The number of nitrogens with zero attached hydrogens (tertiary/aromatic N) is 5. The normalized spacial score (nSPS) is 15.6. The van der Waals surface area contributed by atoms with Gasteiger partial charge in [0.1, 0.15) is 6.33 Å². The molecule has 1 aliphatic carbocycles. The van der Waals surface area contributed by atoms with Crippen LogP contribution in [0.1, 0.15) is 24.7 Å². The molecule has 0 bridgehead atoms. The molecule has 0 aliphatic heterocycles. The van der Waals surface area contributed by atoms with Crippen molar-refractivity contribution in [2.75, 3.05) is 0 Å². The summed E-state index contributed by atoms with van der Waals surface area (Å²) < 4.78 is 5.29. The van der Waals surface area contributed by atoms with Crippen molar-refractivity contribution in [2.24, 2.45) is 7.05 Å². The van der Waals surface area contributed by atoms with Crippen LogP contribution in [0.4, 0.5) is 0 Å². The van der Waals surface area contributed by atoms with Gasteiger partial charge in [0.15, 0.2) is 5.82 Å². The Bertz CT molecular complexity index is 560. The summed E-state index contributed by atoms with van der Waals surface area (Å²) in [5, 5.41) is 7.76. The molecule has 1 aliphatic rings. The van der Waals surface area contributed by atoms with Crippen molar-refractivity contribution >= 4 is 0 Å². The smallest absolute Gasteiger partial charge is 0.319 e. The Kier molecular flexibility index (Phi) is 1.95. The Balaban J connectivity index is 1.90. The molecule has 0 N–H and O–H groups in total. The van der Waals surface area contributed by atoms with E-state index < -0.39 is 0 Å². The summed E-state index contributed by atoms with van der Waals surface area (Å²) in [5.41, 5.74) is 0.0468. The van der Waals surface area contributed by atoms with E-state index in [1.165, 1.54) is 0 Å². The van der Waals surface area contributed by atoms with Crippen molar-refractivity contribution in [1.82, 2.24) is 23.9 Å². The van der Waals surface area contributed by atoms with Crippen LogP contribution in [0.15, 0.2) is 23.5 Å². The molecule has 0 aromatic carbocycles. The molecule has 0 atom stereocenters. The Labute approximate surface area is 92.1 Å². The molecule has 0 spiro atoms. The summed E-state index contributed by atoms with van der Waals surface area (Å²) in [6, 6.07) is 0.424. The maximum absolute atomic E-state index is 12.0. The van der Waals surface area contributed by atoms with Gasteiger partial charge in [-0.05, 0) is 12.8 Å². The second kappa shape index (κ2) is 3.33. The van der Waals surface area contributed by atoms with Crippen molar-refractivity contribution in [2.45, 2.75) is 25.4 Å². The summed E-state index contributed by atoms with van der Waals surface area (Å²) in [5.74, 6) is 0.788. The fourth-order valence-electron chi connectivity index (χ4n) is 1.78. The third-order valence-corrected chi connectivity index (χ3v) is 2.93. The lowest BCUT2D eigenvalue weighted by atomic mass is 10.6. The second-order valence-corrected chi connectivity index (χ2v) is 4.21. The van der Waals surface area contributed by atoms with Gasteiger partial charge in [-0.3, -0.25) is 9.13 Å². The average Bonchev–Trinajstić information content (AvgIpc) is 2.94. The number of rotatable bonds is 3. The van der Waals surface area contributed by atoms with Gasteiger partial charge in [0.25, 0.3) is 0 Å². The van der Waals surface area contributed by atoms with E-state index in [9.17, 15) is 4.79 Å². The zero-order valence-electron chi connectivity index (χ0n) is 9.08. The van der Waals surface area contributed by atoms with Crippen molar-refractivity contribution in [3.63, 3.8) is 0 Å². The predicted octanol–water partition coefficient (Wildman–Crippen LogP) is 0.161. The van der Waals surface area contributed by atoms with E-state index in [0.29, 0.717) is 12.6 Å². The van der Waals surface area contributed by atoms with Gasteiger partial charge >= 0.3 is 5.69 Å². The first kappa shape index (κ1) is 9.38. The minimum Gasteiger partial charge on any atom is -0.319 e. The minimum absolute atomic E-state index is 0.0468. The summed E-state index contributed by atoms with van der Waals surface area (Å²) in [4.78, 5) is 12.0. The van der Waals surface area contributed by atoms with Gasteiger partial charge in [0.2, 0.25) is 0 Å². The van der Waals surface area contributed by atoms with Crippen molar-refractivity contribution in [3.05, 3.63) is 35.0 Å². The van der Waals surface area contributed by atoms with E-state index in [1.807, 2.05) is 24.0 Å². The van der Waals surface area contributed by atoms with Crippen LogP contribution in [-0.2, 0) is 13.6 Å². The van der Waals surface area contributed by atoms with Crippen molar-refractivity contribution in [3.8, 4) is 0 Å². The molecular weight excluding hydrogens is 206 g/mol. The van der Waals surface area contributed by atoms with Gasteiger partial charge in [-0.25, -0.2) is 4.79 Å². The Morgan fingerprint density at radius 1 is 1.44 bits per heavy atom. The first-order valence-corrected chi connectivity index (χ1v) is 5.36. The molecule has 0 amide bonds. The van der Waals surface area contributed by atoms with Crippen molar-refractivity contribution in [1.29, 1.82) is 0 Å². The molecule has 2 heterocycles. The maximum atomic E-state index is 12.0. The lowest BCUT2D eigenvalue weighted by Gasteiger charge is -2.00. The van der Waals surface area contributed by atoms with Gasteiger partial charge in [-0.2, -0.15) is 0 Å². The molecule has 84 valence electrons.